The molecule has 2 aromatic rings. The van der Waals surface area contributed by atoms with E-state index in [1.807, 2.05) is 29.8 Å². The van der Waals surface area contributed by atoms with E-state index >= 15 is 0 Å². The molecule has 100 valence electrons. The van der Waals surface area contributed by atoms with Crippen molar-refractivity contribution in [2.75, 3.05) is 6.54 Å². The molecule has 0 amide bonds. The highest BCUT2D eigenvalue weighted by Gasteiger charge is 2.29. The van der Waals surface area contributed by atoms with E-state index in [1.165, 1.54) is 24.8 Å². The van der Waals surface area contributed by atoms with Crippen LogP contribution in [0.2, 0.25) is 0 Å². The number of rotatable bonds is 4. The SMILES string of the molecule is CCNC(c1cccnc1)C1CCCc2sccc21. The van der Waals surface area contributed by atoms with Gasteiger partial charge in [0.1, 0.15) is 0 Å². The van der Waals surface area contributed by atoms with Gasteiger partial charge in [0.05, 0.1) is 0 Å². The third-order valence-corrected chi connectivity index (χ3v) is 4.96. The lowest BCUT2D eigenvalue weighted by atomic mass is 9.80. The topological polar surface area (TPSA) is 24.9 Å². The number of fused-ring (bicyclic) bond motifs is 1. The Morgan fingerprint density at radius 1 is 1.47 bits per heavy atom. The number of aryl methyl sites for hydroxylation is 1. The van der Waals surface area contributed by atoms with Gasteiger partial charge in [-0.15, -0.1) is 11.3 Å². The van der Waals surface area contributed by atoms with Gasteiger partial charge in [0.25, 0.3) is 0 Å². The van der Waals surface area contributed by atoms with E-state index in [1.54, 1.807) is 10.4 Å². The third-order valence-electron chi connectivity index (χ3n) is 3.97. The molecule has 0 spiro atoms. The van der Waals surface area contributed by atoms with E-state index in [9.17, 15) is 0 Å². The third kappa shape index (κ3) is 2.58. The quantitative estimate of drug-likeness (QED) is 0.912. The van der Waals surface area contributed by atoms with Gasteiger partial charge in [-0.3, -0.25) is 4.98 Å². The second-order valence-electron chi connectivity index (χ2n) is 5.12. The summed E-state index contributed by atoms with van der Waals surface area (Å²) in [5.74, 6) is 0.596. The summed E-state index contributed by atoms with van der Waals surface area (Å²) in [5.41, 5.74) is 2.87. The molecule has 1 aliphatic carbocycles. The first-order valence-corrected chi connectivity index (χ1v) is 7.97. The van der Waals surface area contributed by atoms with Gasteiger partial charge in [0.15, 0.2) is 0 Å². The zero-order chi connectivity index (χ0) is 13.1. The van der Waals surface area contributed by atoms with Crippen molar-refractivity contribution in [3.05, 3.63) is 52.0 Å². The van der Waals surface area contributed by atoms with E-state index < -0.39 is 0 Å². The standard InChI is InChI=1S/C16H20N2S/c1-2-18-16(12-5-4-9-17-11-12)14-6-3-7-15-13(14)8-10-19-15/h4-5,8-11,14,16,18H,2-3,6-7H2,1H3. The number of pyridine rings is 1. The molecule has 2 atom stereocenters. The van der Waals surface area contributed by atoms with Crippen LogP contribution in [0.1, 0.15) is 47.7 Å². The number of likely N-dealkylation sites (N-methyl/N-ethyl adjacent to an activating group) is 1. The molecule has 2 aromatic heterocycles. The fourth-order valence-electron chi connectivity index (χ4n) is 3.14. The van der Waals surface area contributed by atoms with Gasteiger partial charge < -0.3 is 5.32 Å². The molecular weight excluding hydrogens is 252 g/mol. The summed E-state index contributed by atoms with van der Waals surface area (Å²) in [6, 6.07) is 6.95. The van der Waals surface area contributed by atoms with E-state index in [0.29, 0.717) is 12.0 Å². The Labute approximate surface area is 118 Å². The van der Waals surface area contributed by atoms with Crippen LogP contribution in [-0.4, -0.2) is 11.5 Å². The van der Waals surface area contributed by atoms with Crippen LogP contribution in [0.15, 0.2) is 36.0 Å². The number of aromatic nitrogens is 1. The maximum Gasteiger partial charge on any atom is 0.0405 e. The van der Waals surface area contributed by atoms with Crippen LogP contribution < -0.4 is 5.32 Å². The maximum atomic E-state index is 4.29. The Balaban J connectivity index is 1.94. The Hall–Kier alpha value is -1.19. The van der Waals surface area contributed by atoms with Crippen LogP contribution >= 0.6 is 11.3 Å². The summed E-state index contributed by atoms with van der Waals surface area (Å²) in [5, 5.41) is 5.91. The van der Waals surface area contributed by atoms with E-state index in [2.05, 4.69) is 34.7 Å². The van der Waals surface area contributed by atoms with Crippen molar-refractivity contribution in [1.82, 2.24) is 10.3 Å². The van der Waals surface area contributed by atoms with Crippen LogP contribution in [0.3, 0.4) is 0 Å². The minimum Gasteiger partial charge on any atom is -0.310 e. The van der Waals surface area contributed by atoms with Gasteiger partial charge in [-0.2, -0.15) is 0 Å². The summed E-state index contributed by atoms with van der Waals surface area (Å²) in [6.07, 6.45) is 7.70. The first-order chi connectivity index (χ1) is 9.40. The number of nitrogens with zero attached hydrogens (tertiary/aromatic N) is 1. The van der Waals surface area contributed by atoms with Gasteiger partial charge >= 0.3 is 0 Å². The molecule has 19 heavy (non-hydrogen) atoms. The van der Waals surface area contributed by atoms with Crippen molar-refractivity contribution in [1.29, 1.82) is 0 Å². The van der Waals surface area contributed by atoms with Gasteiger partial charge in [-0.05, 0) is 54.4 Å². The van der Waals surface area contributed by atoms with Gasteiger partial charge in [-0.25, -0.2) is 0 Å². The summed E-state index contributed by atoms with van der Waals surface area (Å²) in [6.45, 7) is 3.18. The molecule has 0 fully saturated rings. The average molecular weight is 272 g/mol. The number of thiophene rings is 1. The summed E-state index contributed by atoms with van der Waals surface area (Å²) in [4.78, 5) is 5.88. The molecule has 3 rings (SSSR count). The van der Waals surface area contributed by atoms with Crippen molar-refractivity contribution in [3.63, 3.8) is 0 Å². The van der Waals surface area contributed by atoms with Gasteiger partial charge in [0.2, 0.25) is 0 Å². The smallest absolute Gasteiger partial charge is 0.0405 e. The Kier molecular flexibility index (Phi) is 3.95. The van der Waals surface area contributed by atoms with Gasteiger partial charge in [0, 0.05) is 29.2 Å². The molecule has 2 nitrogen and oxygen atoms in total. The minimum atomic E-state index is 0.396. The molecule has 1 aliphatic rings. The summed E-state index contributed by atoms with van der Waals surface area (Å²) in [7, 11) is 0. The van der Waals surface area contributed by atoms with E-state index in [0.717, 1.165) is 6.54 Å². The van der Waals surface area contributed by atoms with Crippen LogP contribution in [0.4, 0.5) is 0 Å². The maximum absolute atomic E-state index is 4.29. The molecule has 0 aliphatic heterocycles. The first-order valence-electron chi connectivity index (χ1n) is 7.09. The molecule has 0 bridgehead atoms. The minimum absolute atomic E-state index is 0.396. The molecule has 2 unspecified atom stereocenters. The lowest BCUT2D eigenvalue weighted by molar-refractivity contribution is 0.410. The van der Waals surface area contributed by atoms with Crippen LogP contribution in [-0.2, 0) is 6.42 Å². The van der Waals surface area contributed by atoms with Crippen molar-refractivity contribution in [2.24, 2.45) is 0 Å². The average Bonchev–Trinajstić information content (AvgIpc) is 2.94. The highest BCUT2D eigenvalue weighted by atomic mass is 32.1. The second kappa shape index (κ2) is 5.85. The fourth-order valence-corrected chi connectivity index (χ4v) is 4.14. The molecule has 1 N–H and O–H groups in total. The normalized spacial score (nSPS) is 19.9. The first kappa shape index (κ1) is 12.8. The molecule has 0 aromatic carbocycles. The summed E-state index contributed by atoms with van der Waals surface area (Å²) >= 11 is 1.92. The lowest BCUT2D eigenvalue weighted by Crippen LogP contribution is -2.28. The predicted octanol–water partition coefficient (Wildman–Crippen LogP) is 3.91. The van der Waals surface area contributed by atoms with Crippen LogP contribution in [0.5, 0.6) is 0 Å². The Morgan fingerprint density at radius 2 is 2.42 bits per heavy atom. The van der Waals surface area contributed by atoms with E-state index in [4.69, 9.17) is 0 Å². The highest BCUT2D eigenvalue weighted by molar-refractivity contribution is 7.10. The number of nitrogens with one attached hydrogen (secondary N) is 1. The fraction of sp³-hybridized carbons (Fsp3) is 0.438. The van der Waals surface area contributed by atoms with Crippen LogP contribution in [0, 0.1) is 0 Å². The summed E-state index contributed by atoms with van der Waals surface area (Å²) < 4.78 is 0. The lowest BCUT2D eigenvalue weighted by Gasteiger charge is -2.31. The zero-order valence-electron chi connectivity index (χ0n) is 11.3. The predicted molar refractivity (Wildman–Crippen MR) is 80.7 cm³/mol. The van der Waals surface area contributed by atoms with Crippen molar-refractivity contribution in [3.8, 4) is 0 Å². The number of hydrogen-bond donors (Lipinski definition) is 1. The molecular formula is C16H20N2S. The molecule has 0 radical (unpaired) electrons. The Morgan fingerprint density at radius 3 is 3.21 bits per heavy atom. The largest absolute Gasteiger partial charge is 0.310 e. The van der Waals surface area contributed by atoms with Crippen molar-refractivity contribution < 1.29 is 0 Å². The van der Waals surface area contributed by atoms with Crippen molar-refractivity contribution >= 4 is 11.3 Å². The highest BCUT2D eigenvalue weighted by Crippen LogP contribution is 2.42. The van der Waals surface area contributed by atoms with Gasteiger partial charge in [-0.1, -0.05) is 13.0 Å². The van der Waals surface area contributed by atoms with Crippen molar-refractivity contribution in [2.45, 2.75) is 38.1 Å². The van der Waals surface area contributed by atoms with Crippen LogP contribution in [0.25, 0.3) is 0 Å². The molecule has 3 heteroatoms. The second-order valence-corrected chi connectivity index (χ2v) is 6.12. The molecule has 2 heterocycles. The molecule has 0 saturated carbocycles. The van der Waals surface area contributed by atoms with E-state index in [-0.39, 0.29) is 0 Å². The number of hydrogen-bond acceptors (Lipinski definition) is 3. The Bertz CT molecular complexity index is 521. The molecule has 0 saturated heterocycles. The zero-order valence-corrected chi connectivity index (χ0v) is 12.1. The monoisotopic (exact) mass is 272 g/mol.